The summed E-state index contributed by atoms with van der Waals surface area (Å²) in [5.74, 6) is 4.60. The fraction of sp³-hybridized carbons (Fsp3) is 0.383. The number of amides is 5. The van der Waals surface area contributed by atoms with Crippen LogP contribution in [0.3, 0.4) is 0 Å². The van der Waals surface area contributed by atoms with Crippen molar-refractivity contribution in [1.82, 2.24) is 35.3 Å². The van der Waals surface area contributed by atoms with Crippen LogP contribution >= 0.6 is 11.6 Å². The molecule has 64 heavy (non-hydrogen) atoms. The fourth-order valence-corrected chi connectivity index (χ4v) is 9.02. The maximum atomic E-state index is 16.4. The quantitative estimate of drug-likeness (QED) is 0.0872. The van der Waals surface area contributed by atoms with Crippen molar-refractivity contribution in [3.63, 3.8) is 0 Å². The molecule has 17 heteroatoms. The van der Waals surface area contributed by atoms with Gasteiger partial charge in [-0.25, -0.2) is 18.7 Å². The standard InChI is InChI=1S/C47H47ClF2N8O6/c1-2-39(60)56-20-22-57(23-21-56)45-32-25-34(48)41(43(50)44(32)52-28-53-45)42-35(49)9-6-10-37(42)64-24-4-3-17-51-26-40(61)55-18-15-29(16-19-55)11-12-30-7-5-8-31-33(30)27-58(47(31)63)36-13-14-38(59)54-46(36)62/h2,5-10,25,28-29,36,51H,1,3-4,13-24,26-27H2,(H,54,59,62). The number of likely N-dealkylation sites (tertiary alicyclic amines) is 1. The van der Waals surface area contributed by atoms with Crippen molar-refractivity contribution in [2.45, 2.75) is 51.1 Å². The first-order valence-electron chi connectivity index (χ1n) is 21.5. The van der Waals surface area contributed by atoms with E-state index in [1.807, 2.05) is 15.9 Å². The maximum Gasteiger partial charge on any atom is 0.255 e. The van der Waals surface area contributed by atoms with Crippen LogP contribution in [0.1, 0.15) is 60.0 Å². The molecule has 0 bridgehead atoms. The van der Waals surface area contributed by atoms with Gasteiger partial charge in [0.15, 0.2) is 5.82 Å². The van der Waals surface area contributed by atoms with Crippen LogP contribution in [0.2, 0.25) is 5.02 Å². The second kappa shape index (κ2) is 19.5. The number of piperidine rings is 2. The van der Waals surface area contributed by atoms with Crippen LogP contribution in [-0.2, 0) is 25.7 Å². The van der Waals surface area contributed by atoms with Gasteiger partial charge in [0.2, 0.25) is 23.6 Å². The lowest BCUT2D eigenvalue weighted by molar-refractivity contribution is -0.137. The van der Waals surface area contributed by atoms with E-state index in [2.05, 4.69) is 39.0 Å². The van der Waals surface area contributed by atoms with Crippen molar-refractivity contribution in [1.29, 1.82) is 0 Å². The molecule has 4 aliphatic rings. The van der Waals surface area contributed by atoms with Crippen molar-refractivity contribution >= 4 is 57.9 Å². The Labute approximate surface area is 374 Å². The summed E-state index contributed by atoms with van der Waals surface area (Å²) < 4.78 is 37.9. The molecule has 4 aliphatic heterocycles. The predicted octanol–water partition coefficient (Wildman–Crippen LogP) is 4.86. The molecule has 0 saturated carbocycles. The zero-order valence-electron chi connectivity index (χ0n) is 35.1. The molecule has 1 unspecified atom stereocenters. The first-order valence-corrected chi connectivity index (χ1v) is 21.9. The normalized spacial score (nSPS) is 17.9. The molecule has 332 valence electrons. The van der Waals surface area contributed by atoms with Gasteiger partial charge in [0.05, 0.1) is 23.7 Å². The van der Waals surface area contributed by atoms with E-state index in [4.69, 9.17) is 16.3 Å². The summed E-state index contributed by atoms with van der Waals surface area (Å²) in [5.41, 5.74) is 1.75. The fourth-order valence-electron chi connectivity index (χ4n) is 8.73. The number of carbonyl (C=O) groups is 5. The predicted molar refractivity (Wildman–Crippen MR) is 235 cm³/mol. The first kappa shape index (κ1) is 44.2. The van der Waals surface area contributed by atoms with Crippen molar-refractivity contribution in [2.75, 3.05) is 63.9 Å². The van der Waals surface area contributed by atoms with Crippen molar-refractivity contribution in [3.8, 4) is 28.7 Å². The van der Waals surface area contributed by atoms with Gasteiger partial charge in [0.25, 0.3) is 5.91 Å². The highest BCUT2D eigenvalue weighted by Gasteiger charge is 2.40. The van der Waals surface area contributed by atoms with Crippen molar-refractivity contribution < 1.29 is 37.5 Å². The second-order valence-corrected chi connectivity index (χ2v) is 16.6. The van der Waals surface area contributed by atoms with E-state index in [0.717, 1.165) is 24.0 Å². The molecule has 14 nitrogen and oxygen atoms in total. The van der Waals surface area contributed by atoms with Gasteiger partial charge in [-0.1, -0.05) is 42.2 Å². The van der Waals surface area contributed by atoms with Crippen LogP contribution in [-0.4, -0.2) is 119 Å². The number of hydrogen-bond acceptors (Lipinski definition) is 10. The molecular formula is C47H47ClF2N8O6. The molecule has 1 aromatic heterocycles. The third-order valence-corrected chi connectivity index (χ3v) is 12.5. The number of piperazine rings is 1. The Morgan fingerprint density at radius 2 is 1.75 bits per heavy atom. The lowest BCUT2D eigenvalue weighted by Gasteiger charge is -2.35. The third-order valence-electron chi connectivity index (χ3n) is 12.2. The van der Waals surface area contributed by atoms with Crippen LogP contribution in [0.15, 0.2) is 61.4 Å². The Morgan fingerprint density at radius 3 is 2.52 bits per heavy atom. The van der Waals surface area contributed by atoms with Gasteiger partial charge in [0.1, 0.15) is 35.3 Å². The maximum absolute atomic E-state index is 16.4. The number of carbonyl (C=O) groups excluding carboxylic acids is 5. The van der Waals surface area contributed by atoms with Gasteiger partial charge in [0, 0.05) is 80.2 Å². The molecule has 0 aliphatic carbocycles. The van der Waals surface area contributed by atoms with Gasteiger partial charge in [-0.3, -0.25) is 29.3 Å². The first-order chi connectivity index (χ1) is 31.0. The number of ether oxygens (including phenoxy) is 1. The van der Waals surface area contributed by atoms with E-state index in [-0.39, 0.29) is 83.1 Å². The Morgan fingerprint density at radius 1 is 0.969 bits per heavy atom. The van der Waals surface area contributed by atoms with Gasteiger partial charge in [-0.15, -0.1) is 0 Å². The summed E-state index contributed by atoms with van der Waals surface area (Å²) in [7, 11) is 0. The highest BCUT2D eigenvalue weighted by atomic mass is 35.5. The van der Waals surface area contributed by atoms with Crippen LogP contribution in [0.5, 0.6) is 5.75 Å². The van der Waals surface area contributed by atoms with Gasteiger partial charge in [-0.05, 0) is 80.6 Å². The summed E-state index contributed by atoms with van der Waals surface area (Å²) in [6.07, 6.45) is 5.69. The smallest absolute Gasteiger partial charge is 0.255 e. The van der Waals surface area contributed by atoms with E-state index < -0.39 is 23.6 Å². The van der Waals surface area contributed by atoms with Crippen molar-refractivity contribution in [3.05, 3.63) is 94.8 Å². The van der Waals surface area contributed by atoms with Crippen LogP contribution < -0.4 is 20.3 Å². The minimum Gasteiger partial charge on any atom is -0.493 e. The summed E-state index contributed by atoms with van der Waals surface area (Å²) >= 11 is 6.71. The number of imide groups is 1. The molecule has 3 fully saturated rings. The number of hydrogen-bond donors (Lipinski definition) is 2. The van der Waals surface area contributed by atoms with E-state index >= 15 is 8.78 Å². The lowest BCUT2D eigenvalue weighted by Crippen LogP contribution is -2.52. The molecule has 0 spiro atoms. The third kappa shape index (κ3) is 9.27. The molecule has 5 heterocycles. The number of rotatable bonds is 12. The topological polar surface area (TPSA) is 157 Å². The summed E-state index contributed by atoms with van der Waals surface area (Å²) in [6.45, 7) is 7.69. The van der Waals surface area contributed by atoms with Gasteiger partial charge < -0.3 is 29.7 Å². The second-order valence-electron chi connectivity index (χ2n) is 16.2. The van der Waals surface area contributed by atoms with Crippen molar-refractivity contribution in [2.24, 2.45) is 5.92 Å². The van der Waals surface area contributed by atoms with E-state index in [1.165, 1.54) is 35.5 Å². The SMILES string of the molecule is C=CC(=O)N1CCN(c2ncnc3c(F)c(-c4c(F)cccc4OCCCCNCC(=O)N4CCC(C#Cc5cccc6c5CN(C5CCC(=O)NC5=O)C6=O)CC4)c(Cl)cc23)CC1. The van der Waals surface area contributed by atoms with E-state index in [0.29, 0.717) is 81.8 Å². The largest absolute Gasteiger partial charge is 0.493 e. The molecule has 8 rings (SSSR count). The summed E-state index contributed by atoms with van der Waals surface area (Å²) in [4.78, 5) is 77.9. The molecule has 0 radical (unpaired) electrons. The minimum absolute atomic E-state index is 0.00532. The molecule has 5 amide bonds. The zero-order chi connectivity index (χ0) is 44.9. The molecule has 4 aromatic rings. The number of fused-ring (bicyclic) bond motifs is 2. The Kier molecular flexibility index (Phi) is 13.5. The van der Waals surface area contributed by atoms with E-state index in [1.54, 1.807) is 23.1 Å². The number of aromatic nitrogens is 2. The molecule has 2 N–H and O–H groups in total. The number of anilines is 1. The van der Waals surface area contributed by atoms with Gasteiger partial charge in [-0.2, -0.15) is 0 Å². The average Bonchev–Trinajstić information content (AvgIpc) is 3.64. The molecule has 1 atom stereocenters. The van der Waals surface area contributed by atoms with Crippen LogP contribution in [0, 0.1) is 29.4 Å². The Balaban J connectivity index is 0.792. The molecule has 3 saturated heterocycles. The highest BCUT2D eigenvalue weighted by molar-refractivity contribution is 6.34. The number of nitrogens with zero attached hydrogens (tertiary/aromatic N) is 6. The van der Waals surface area contributed by atoms with Gasteiger partial charge >= 0.3 is 0 Å². The summed E-state index contributed by atoms with van der Waals surface area (Å²) in [5, 5.41) is 5.87. The number of benzene rings is 3. The zero-order valence-corrected chi connectivity index (χ0v) is 35.9. The number of halogens is 3. The Hall–Kier alpha value is -6.44. The minimum atomic E-state index is -0.803. The van der Waals surface area contributed by atoms with Crippen LogP contribution in [0.25, 0.3) is 22.0 Å². The number of unbranched alkanes of at least 4 members (excludes halogenated alkanes) is 1. The Bertz CT molecular complexity index is 2580. The molecule has 3 aromatic carbocycles. The highest BCUT2D eigenvalue weighted by Crippen LogP contribution is 2.42. The summed E-state index contributed by atoms with van der Waals surface area (Å²) in [6, 6.07) is 10.5. The van der Waals surface area contributed by atoms with Crippen LogP contribution in [0.4, 0.5) is 14.6 Å². The monoisotopic (exact) mass is 892 g/mol. The molecular weight excluding hydrogens is 846 g/mol. The lowest BCUT2D eigenvalue weighted by atomic mass is 9.96. The number of nitrogens with one attached hydrogen (secondary N) is 2. The van der Waals surface area contributed by atoms with E-state index in [9.17, 15) is 24.0 Å². The average molecular weight is 893 g/mol.